The van der Waals surface area contributed by atoms with Gasteiger partial charge in [0.05, 0.1) is 6.04 Å². The summed E-state index contributed by atoms with van der Waals surface area (Å²) >= 11 is 6.02. The van der Waals surface area contributed by atoms with Crippen LogP contribution in [0.1, 0.15) is 35.5 Å². The fraction of sp³-hybridized carbons (Fsp3) is 0.300. The molecule has 1 aromatic heterocycles. The lowest BCUT2D eigenvalue weighted by molar-refractivity contribution is 0.407. The van der Waals surface area contributed by atoms with Gasteiger partial charge < -0.3 is 5.32 Å². The van der Waals surface area contributed by atoms with Crippen molar-refractivity contribution in [2.75, 3.05) is 6.54 Å². The zero-order valence-corrected chi connectivity index (χ0v) is 14.7. The second kappa shape index (κ2) is 7.38. The van der Waals surface area contributed by atoms with Crippen molar-refractivity contribution in [3.63, 3.8) is 0 Å². The second-order valence-corrected chi connectivity index (χ2v) is 6.95. The molecule has 0 saturated heterocycles. The third kappa shape index (κ3) is 3.75. The van der Waals surface area contributed by atoms with Gasteiger partial charge in [-0.3, -0.25) is 0 Å². The average Bonchev–Trinajstić information content (AvgIpc) is 3.25. The summed E-state index contributed by atoms with van der Waals surface area (Å²) in [6.07, 6.45) is 4.70. The summed E-state index contributed by atoms with van der Waals surface area (Å²) in [5.74, 6) is 1.10. The maximum absolute atomic E-state index is 6.02. The molecular weight excluding hydrogens is 332 g/mol. The zero-order valence-electron chi connectivity index (χ0n) is 14.0. The van der Waals surface area contributed by atoms with E-state index >= 15 is 0 Å². The van der Waals surface area contributed by atoms with Gasteiger partial charge in [-0.25, -0.2) is 9.67 Å². The van der Waals surface area contributed by atoms with Gasteiger partial charge in [0.15, 0.2) is 0 Å². The Morgan fingerprint density at radius 3 is 2.72 bits per heavy atom. The Labute approximate surface area is 152 Å². The van der Waals surface area contributed by atoms with Crippen LogP contribution in [0.5, 0.6) is 0 Å². The maximum Gasteiger partial charge on any atom is 0.138 e. The van der Waals surface area contributed by atoms with Crippen molar-refractivity contribution in [2.24, 2.45) is 0 Å². The van der Waals surface area contributed by atoms with E-state index in [-0.39, 0.29) is 6.04 Å². The predicted molar refractivity (Wildman–Crippen MR) is 99.7 cm³/mol. The lowest BCUT2D eigenvalue weighted by atomic mass is 9.98. The normalized spacial score (nSPS) is 17.4. The Hall–Kier alpha value is -2.17. The first-order valence-corrected chi connectivity index (χ1v) is 9.08. The first-order valence-electron chi connectivity index (χ1n) is 8.71. The molecule has 0 fully saturated rings. The molecule has 0 amide bonds. The van der Waals surface area contributed by atoms with E-state index in [0.29, 0.717) is 6.04 Å². The highest BCUT2D eigenvalue weighted by Crippen LogP contribution is 2.25. The Kier molecular flexibility index (Phi) is 4.81. The monoisotopic (exact) mass is 352 g/mol. The van der Waals surface area contributed by atoms with E-state index in [1.165, 1.54) is 11.1 Å². The quantitative estimate of drug-likeness (QED) is 0.729. The molecule has 0 spiro atoms. The minimum Gasteiger partial charge on any atom is -0.308 e. The van der Waals surface area contributed by atoms with Gasteiger partial charge >= 0.3 is 0 Å². The number of benzene rings is 2. The van der Waals surface area contributed by atoms with E-state index in [2.05, 4.69) is 62.5 Å². The van der Waals surface area contributed by atoms with E-state index in [4.69, 9.17) is 11.6 Å². The van der Waals surface area contributed by atoms with Crippen LogP contribution in [0.15, 0.2) is 60.9 Å². The molecule has 0 radical (unpaired) electrons. The predicted octanol–water partition coefficient (Wildman–Crippen LogP) is 3.99. The molecule has 2 unspecified atom stereocenters. The van der Waals surface area contributed by atoms with Crippen molar-refractivity contribution in [1.29, 1.82) is 0 Å². The summed E-state index contributed by atoms with van der Waals surface area (Å²) in [6, 6.07) is 19.4. The maximum atomic E-state index is 6.02. The van der Waals surface area contributed by atoms with E-state index in [9.17, 15) is 0 Å². The molecule has 2 aromatic carbocycles. The Balaban J connectivity index is 1.49. The smallest absolute Gasteiger partial charge is 0.138 e. The van der Waals surface area contributed by atoms with Gasteiger partial charge in [-0.15, -0.1) is 0 Å². The summed E-state index contributed by atoms with van der Waals surface area (Å²) in [7, 11) is 0. The summed E-state index contributed by atoms with van der Waals surface area (Å²) in [5.41, 5.74) is 2.58. The number of nitrogens with zero attached hydrogens (tertiary/aromatic N) is 3. The van der Waals surface area contributed by atoms with Crippen LogP contribution in [0.2, 0.25) is 5.02 Å². The van der Waals surface area contributed by atoms with Gasteiger partial charge in [0.25, 0.3) is 0 Å². The minimum absolute atomic E-state index is 0.259. The van der Waals surface area contributed by atoms with Crippen LogP contribution in [0.3, 0.4) is 0 Å². The number of aromatic nitrogens is 3. The molecule has 4 nitrogen and oxygen atoms in total. The van der Waals surface area contributed by atoms with E-state index in [1.807, 2.05) is 12.1 Å². The average molecular weight is 353 g/mol. The Bertz CT molecular complexity index is 813. The minimum atomic E-state index is 0.259. The van der Waals surface area contributed by atoms with Gasteiger partial charge in [-0.05, 0) is 36.1 Å². The summed E-state index contributed by atoms with van der Waals surface area (Å²) in [5, 5.41) is 8.90. The van der Waals surface area contributed by atoms with Gasteiger partial charge in [0, 0.05) is 24.0 Å². The fourth-order valence-electron chi connectivity index (χ4n) is 3.49. The molecule has 1 aliphatic heterocycles. The third-order valence-corrected chi connectivity index (χ3v) is 5.10. The van der Waals surface area contributed by atoms with Gasteiger partial charge in [-0.1, -0.05) is 54.1 Å². The van der Waals surface area contributed by atoms with Crippen LogP contribution in [0, 0.1) is 0 Å². The molecule has 0 aliphatic carbocycles. The number of aryl methyl sites for hydroxylation is 1. The molecule has 25 heavy (non-hydrogen) atoms. The summed E-state index contributed by atoms with van der Waals surface area (Å²) < 4.78 is 2.07. The van der Waals surface area contributed by atoms with Crippen molar-refractivity contribution in [1.82, 2.24) is 20.1 Å². The SMILES string of the molecule is Clc1ccc(CC(NCC2CCc3ncnn32)c2ccccc2)cc1. The van der Waals surface area contributed by atoms with Crippen molar-refractivity contribution >= 4 is 11.6 Å². The zero-order chi connectivity index (χ0) is 17.1. The molecule has 0 bridgehead atoms. The van der Waals surface area contributed by atoms with Crippen molar-refractivity contribution in [2.45, 2.75) is 31.3 Å². The van der Waals surface area contributed by atoms with Crippen LogP contribution in [0.25, 0.3) is 0 Å². The molecule has 2 atom stereocenters. The lowest BCUT2D eigenvalue weighted by Crippen LogP contribution is -2.29. The second-order valence-electron chi connectivity index (χ2n) is 6.52. The van der Waals surface area contributed by atoms with Crippen LogP contribution in [0.4, 0.5) is 0 Å². The molecule has 1 aliphatic rings. The molecule has 128 valence electrons. The van der Waals surface area contributed by atoms with Crippen LogP contribution in [-0.4, -0.2) is 21.3 Å². The molecular formula is C20H21ClN4. The summed E-state index contributed by atoms with van der Waals surface area (Å²) in [6.45, 7) is 0.892. The molecule has 3 aromatic rings. The largest absolute Gasteiger partial charge is 0.308 e. The van der Waals surface area contributed by atoms with E-state index in [1.54, 1.807) is 6.33 Å². The number of nitrogens with one attached hydrogen (secondary N) is 1. The molecule has 5 heteroatoms. The highest BCUT2D eigenvalue weighted by molar-refractivity contribution is 6.30. The topological polar surface area (TPSA) is 42.7 Å². The number of hydrogen-bond donors (Lipinski definition) is 1. The number of rotatable bonds is 6. The molecule has 2 heterocycles. The van der Waals surface area contributed by atoms with Crippen LogP contribution >= 0.6 is 11.6 Å². The van der Waals surface area contributed by atoms with Crippen molar-refractivity contribution in [3.05, 3.63) is 82.9 Å². The van der Waals surface area contributed by atoms with Crippen molar-refractivity contribution in [3.8, 4) is 0 Å². The molecule has 1 N–H and O–H groups in total. The van der Waals surface area contributed by atoms with Gasteiger partial charge in [0.1, 0.15) is 12.2 Å². The lowest BCUT2D eigenvalue weighted by Gasteiger charge is -2.22. The summed E-state index contributed by atoms with van der Waals surface area (Å²) in [4.78, 5) is 4.32. The number of fused-ring (bicyclic) bond motifs is 1. The van der Waals surface area contributed by atoms with Crippen LogP contribution in [-0.2, 0) is 12.8 Å². The Morgan fingerprint density at radius 2 is 1.92 bits per heavy atom. The van der Waals surface area contributed by atoms with Crippen molar-refractivity contribution < 1.29 is 0 Å². The van der Waals surface area contributed by atoms with Gasteiger partial charge in [0.2, 0.25) is 0 Å². The standard InChI is InChI=1S/C20H21ClN4/c21-17-8-6-15(7-9-17)12-19(16-4-2-1-3-5-16)22-13-18-10-11-20-23-14-24-25(18)20/h1-9,14,18-19,22H,10-13H2. The third-order valence-electron chi connectivity index (χ3n) is 4.85. The number of hydrogen-bond acceptors (Lipinski definition) is 3. The van der Waals surface area contributed by atoms with Gasteiger partial charge in [-0.2, -0.15) is 5.10 Å². The number of halogens is 1. The molecule has 4 rings (SSSR count). The van der Waals surface area contributed by atoms with E-state index < -0.39 is 0 Å². The van der Waals surface area contributed by atoms with E-state index in [0.717, 1.165) is 36.7 Å². The first-order chi connectivity index (χ1) is 12.3. The highest BCUT2D eigenvalue weighted by Gasteiger charge is 2.24. The van der Waals surface area contributed by atoms with Crippen LogP contribution < -0.4 is 5.32 Å². The highest BCUT2D eigenvalue weighted by atomic mass is 35.5. The fourth-order valence-corrected chi connectivity index (χ4v) is 3.62. The molecule has 0 saturated carbocycles. The first kappa shape index (κ1) is 16.3. The Morgan fingerprint density at radius 1 is 1.12 bits per heavy atom.